The van der Waals surface area contributed by atoms with Gasteiger partial charge in [-0.25, -0.2) is 0 Å². The van der Waals surface area contributed by atoms with Crippen LogP contribution < -0.4 is 16.0 Å². The van der Waals surface area contributed by atoms with Crippen molar-refractivity contribution in [2.45, 2.75) is 32.2 Å². The highest BCUT2D eigenvalue weighted by molar-refractivity contribution is 5.95. The minimum absolute atomic E-state index is 0.0417. The van der Waals surface area contributed by atoms with Crippen LogP contribution in [0.1, 0.15) is 36.9 Å². The van der Waals surface area contributed by atoms with Crippen LogP contribution in [0.5, 0.6) is 0 Å². The molecule has 2 aromatic rings. The first-order valence-electron chi connectivity index (χ1n) is 8.57. The Labute approximate surface area is 147 Å². The zero-order valence-corrected chi connectivity index (χ0v) is 14.4. The summed E-state index contributed by atoms with van der Waals surface area (Å²) in [5.74, 6) is 0.122. The van der Waals surface area contributed by atoms with Crippen molar-refractivity contribution in [2.75, 3.05) is 17.2 Å². The van der Waals surface area contributed by atoms with E-state index in [9.17, 15) is 9.59 Å². The average molecular weight is 337 g/mol. The summed E-state index contributed by atoms with van der Waals surface area (Å²) < 4.78 is 0. The molecule has 0 radical (unpaired) electrons. The second-order valence-electron chi connectivity index (χ2n) is 6.45. The lowest BCUT2D eigenvalue weighted by Gasteiger charge is -2.19. The molecule has 5 heteroatoms. The molecule has 1 unspecified atom stereocenters. The zero-order valence-electron chi connectivity index (χ0n) is 14.4. The van der Waals surface area contributed by atoms with Crippen LogP contribution in [-0.2, 0) is 16.0 Å². The van der Waals surface area contributed by atoms with Crippen LogP contribution in [0.15, 0.2) is 48.5 Å². The monoisotopic (exact) mass is 337 g/mol. The van der Waals surface area contributed by atoms with Crippen molar-refractivity contribution in [1.82, 2.24) is 5.32 Å². The molecule has 5 nitrogen and oxygen atoms in total. The molecule has 0 saturated carbocycles. The van der Waals surface area contributed by atoms with Gasteiger partial charge in [-0.15, -0.1) is 0 Å². The zero-order chi connectivity index (χ0) is 17.8. The highest BCUT2D eigenvalue weighted by atomic mass is 16.2. The first-order valence-corrected chi connectivity index (χ1v) is 8.57. The molecular weight excluding hydrogens is 314 g/mol. The molecule has 130 valence electrons. The maximum absolute atomic E-state index is 12.3. The number of nitrogen functional groups attached to an aromatic ring is 1. The number of anilines is 2. The molecule has 2 aromatic carbocycles. The summed E-state index contributed by atoms with van der Waals surface area (Å²) in [5.41, 5.74) is 9.16. The van der Waals surface area contributed by atoms with E-state index in [1.54, 1.807) is 12.1 Å². The van der Waals surface area contributed by atoms with E-state index in [2.05, 4.69) is 5.32 Å². The number of hydrogen-bond acceptors (Lipinski definition) is 3. The summed E-state index contributed by atoms with van der Waals surface area (Å²) >= 11 is 0. The van der Waals surface area contributed by atoms with E-state index in [0.29, 0.717) is 18.5 Å². The Morgan fingerprint density at radius 2 is 2.00 bits per heavy atom. The van der Waals surface area contributed by atoms with Gasteiger partial charge < -0.3 is 16.0 Å². The number of nitrogens with zero attached hydrogens (tertiary/aromatic N) is 1. The number of rotatable bonds is 5. The smallest absolute Gasteiger partial charge is 0.227 e. The van der Waals surface area contributed by atoms with Gasteiger partial charge in [0, 0.05) is 24.3 Å². The largest absolute Gasteiger partial charge is 0.399 e. The lowest BCUT2D eigenvalue weighted by Crippen LogP contribution is -2.28. The lowest BCUT2D eigenvalue weighted by atomic mass is 10.1. The van der Waals surface area contributed by atoms with E-state index in [-0.39, 0.29) is 17.9 Å². The van der Waals surface area contributed by atoms with Gasteiger partial charge in [0.25, 0.3) is 0 Å². The van der Waals surface area contributed by atoms with Crippen molar-refractivity contribution in [3.05, 3.63) is 59.7 Å². The molecule has 25 heavy (non-hydrogen) atoms. The molecule has 1 fully saturated rings. The first-order chi connectivity index (χ1) is 12.0. The Hall–Kier alpha value is -2.82. The Morgan fingerprint density at radius 1 is 1.24 bits per heavy atom. The minimum atomic E-state index is -0.126. The summed E-state index contributed by atoms with van der Waals surface area (Å²) in [7, 11) is 0. The predicted molar refractivity (Wildman–Crippen MR) is 99.1 cm³/mol. The van der Waals surface area contributed by atoms with Crippen molar-refractivity contribution >= 4 is 23.2 Å². The van der Waals surface area contributed by atoms with Gasteiger partial charge in [-0.05, 0) is 48.7 Å². The molecule has 1 atom stereocenters. The van der Waals surface area contributed by atoms with E-state index in [1.807, 2.05) is 48.2 Å². The Kier molecular flexibility index (Phi) is 5.03. The molecule has 0 spiro atoms. The SMILES string of the molecule is CC(NC(=O)Cc1ccc(N)cc1)c1cccc(N2CCCC2=O)c1. The molecule has 1 aliphatic heterocycles. The van der Waals surface area contributed by atoms with Crippen LogP contribution in [0.2, 0.25) is 0 Å². The quantitative estimate of drug-likeness (QED) is 0.824. The third-order valence-corrected chi connectivity index (χ3v) is 4.48. The van der Waals surface area contributed by atoms with Gasteiger partial charge in [0.05, 0.1) is 12.5 Å². The normalized spacial score (nSPS) is 15.2. The van der Waals surface area contributed by atoms with Gasteiger partial charge in [-0.2, -0.15) is 0 Å². The van der Waals surface area contributed by atoms with Crippen LogP contribution in [0.25, 0.3) is 0 Å². The van der Waals surface area contributed by atoms with Gasteiger partial charge in [0.1, 0.15) is 0 Å². The Bertz CT molecular complexity index is 771. The molecule has 1 aliphatic rings. The number of nitrogens with one attached hydrogen (secondary N) is 1. The molecule has 3 rings (SSSR count). The third kappa shape index (κ3) is 4.18. The van der Waals surface area contributed by atoms with Gasteiger partial charge in [-0.3, -0.25) is 9.59 Å². The summed E-state index contributed by atoms with van der Waals surface area (Å²) in [6.07, 6.45) is 1.82. The van der Waals surface area contributed by atoms with E-state index in [1.165, 1.54) is 0 Å². The Morgan fingerprint density at radius 3 is 2.68 bits per heavy atom. The Balaban J connectivity index is 1.64. The topological polar surface area (TPSA) is 75.4 Å². The van der Waals surface area contributed by atoms with Gasteiger partial charge >= 0.3 is 0 Å². The summed E-state index contributed by atoms with van der Waals surface area (Å²) in [6.45, 7) is 2.71. The fourth-order valence-corrected chi connectivity index (χ4v) is 3.08. The van der Waals surface area contributed by atoms with E-state index >= 15 is 0 Å². The van der Waals surface area contributed by atoms with Gasteiger partial charge in [-0.1, -0.05) is 24.3 Å². The van der Waals surface area contributed by atoms with Crippen LogP contribution in [-0.4, -0.2) is 18.4 Å². The van der Waals surface area contributed by atoms with Crippen molar-refractivity contribution in [2.24, 2.45) is 0 Å². The lowest BCUT2D eigenvalue weighted by molar-refractivity contribution is -0.121. The molecular formula is C20H23N3O2. The van der Waals surface area contributed by atoms with E-state index in [4.69, 9.17) is 5.73 Å². The van der Waals surface area contributed by atoms with Crippen molar-refractivity contribution in [3.63, 3.8) is 0 Å². The number of hydrogen-bond donors (Lipinski definition) is 2. The predicted octanol–water partition coefficient (Wildman–Crippen LogP) is 2.82. The number of carbonyl (C=O) groups is 2. The fourth-order valence-electron chi connectivity index (χ4n) is 3.08. The maximum atomic E-state index is 12.3. The molecule has 0 bridgehead atoms. The maximum Gasteiger partial charge on any atom is 0.227 e. The van der Waals surface area contributed by atoms with Gasteiger partial charge in [0.15, 0.2) is 0 Å². The molecule has 1 heterocycles. The van der Waals surface area contributed by atoms with Crippen LogP contribution in [0.3, 0.4) is 0 Å². The van der Waals surface area contributed by atoms with Gasteiger partial charge in [0.2, 0.25) is 11.8 Å². The number of benzene rings is 2. The van der Waals surface area contributed by atoms with Crippen molar-refractivity contribution in [1.29, 1.82) is 0 Å². The number of amides is 2. The molecule has 1 saturated heterocycles. The minimum Gasteiger partial charge on any atom is -0.399 e. The number of carbonyl (C=O) groups excluding carboxylic acids is 2. The fraction of sp³-hybridized carbons (Fsp3) is 0.300. The molecule has 0 aromatic heterocycles. The van der Waals surface area contributed by atoms with E-state index < -0.39 is 0 Å². The average Bonchev–Trinajstić information content (AvgIpc) is 3.03. The summed E-state index contributed by atoms with van der Waals surface area (Å²) in [6, 6.07) is 15.0. The molecule has 0 aliphatic carbocycles. The summed E-state index contributed by atoms with van der Waals surface area (Å²) in [4.78, 5) is 26.0. The standard InChI is InChI=1S/C20H23N3O2/c1-14(22-19(24)12-15-7-9-17(21)10-8-15)16-4-2-5-18(13-16)23-11-3-6-20(23)25/h2,4-5,7-10,13-14H,3,6,11-12,21H2,1H3,(H,22,24). The van der Waals surface area contributed by atoms with Crippen LogP contribution >= 0.6 is 0 Å². The van der Waals surface area contributed by atoms with E-state index in [0.717, 1.165) is 29.8 Å². The second kappa shape index (κ2) is 7.38. The van der Waals surface area contributed by atoms with Crippen molar-refractivity contribution < 1.29 is 9.59 Å². The highest BCUT2D eigenvalue weighted by Gasteiger charge is 2.22. The van der Waals surface area contributed by atoms with Crippen LogP contribution in [0, 0.1) is 0 Å². The van der Waals surface area contributed by atoms with Crippen molar-refractivity contribution in [3.8, 4) is 0 Å². The molecule has 2 amide bonds. The summed E-state index contributed by atoms with van der Waals surface area (Å²) in [5, 5.41) is 3.01. The highest BCUT2D eigenvalue weighted by Crippen LogP contribution is 2.24. The number of nitrogens with two attached hydrogens (primary N) is 1. The second-order valence-corrected chi connectivity index (χ2v) is 6.45. The van der Waals surface area contributed by atoms with Crippen LogP contribution in [0.4, 0.5) is 11.4 Å². The first kappa shape index (κ1) is 17.0. The third-order valence-electron chi connectivity index (χ3n) is 4.48. The molecule has 3 N–H and O–H groups in total.